The molecule has 0 radical (unpaired) electrons. The maximum absolute atomic E-state index is 4.07. The minimum atomic E-state index is -0.182. The Balaban J connectivity index is 1.16. The van der Waals surface area contributed by atoms with Crippen molar-refractivity contribution in [2.24, 2.45) is 5.92 Å². The molecule has 1 atom stereocenters. The van der Waals surface area contributed by atoms with Crippen molar-refractivity contribution in [3.05, 3.63) is 205 Å². The Kier molecular flexibility index (Phi) is 8.12. The van der Waals surface area contributed by atoms with Crippen molar-refractivity contribution in [3.8, 4) is 0 Å². The van der Waals surface area contributed by atoms with Crippen LogP contribution in [0.1, 0.15) is 49.8 Å². The Morgan fingerprint density at radius 3 is 1.96 bits per heavy atom. The highest BCUT2D eigenvalue weighted by Crippen LogP contribution is 2.54. The Hall–Kier alpha value is -6.12. The zero-order chi connectivity index (χ0) is 36.1. The summed E-state index contributed by atoms with van der Waals surface area (Å²) in [6.07, 6.45) is 16.4. The number of hydrogen-bond donors (Lipinski definition) is 0. The fourth-order valence-corrected chi connectivity index (χ4v) is 8.74. The van der Waals surface area contributed by atoms with Crippen LogP contribution in [-0.2, 0) is 5.41 Å². The van der Waals surface area contributed by atoms with E-state index >= 15 is 0 Å². The van der Waals surface area contributed by atoms with Crippen LogP contribution in [-0.4, -0.2) is 0 Å². The smallest absolute Gasteiger partial charge is 0.0540 e. The molecule has 6 aromatic carbocycles. The van der Waals surface area contributed by atoms with E-state index in [9.17, 15) is 0 Å². The summed E-state index contributed by atoms with van der Waals surface area (Å²) in [5, 5.41) is 4.98. The first kappa shape index (κ1) is 32.8. The second kappa shape index (κ2) is 13.1. The minimum absolute atomic E-state index is 0.182. The van der Waals surface area contributed by atoms with Gasteiger partial charge in [0, 0.05) is 39.0 Å². The summed E-state index contributed by atoms with van der Waals surface area (Å²) >= 11 is 0. The Morgan fingerprint density at radius 2 is 1.32 bits per heavy atom. The average Bonchev–Trinajstić information content (AvgIpc) is 3.43. The molecule has 3 aliphatic rings. The maximum atomic E-state index is 4.07. The number of allylic oxidation sites excluding steroid dienone is 8. The first-order valence-electron chi connectivity index (χ1n) is 18.8. The van der Waals surface area contributed by atoms with Gasteiger partial charge in [-0.15, -0.1) is 6.58 Å². The van der Waals surface area contributed by atoms with Crippen LogP contribution in [0.15, 0.2) is 188 Å². The lowest BCUT2D eigenvalue weighted by Crippen LogP contribution is -2.25. The minimum Gasteiger partial charge on any atom is -0.314 e. The number of nitrogens with zero attached hydrogens (tertiary/aromatic N) is 2. The van der Waals surface area contributed by atoms with Crippen LogP contribution >= 0.6 is 0 Å². The highest BCUT2D eigenvalue weighted by molar-refractivity contribution is 6.00. The van der Waals surface area contributed by atoms with E-state index in [0.717, 1.165) is 36.2 Å². The van der Waals surface area contributed by atoms with E-state index in [0.29, 0.717) is 5.92 Å². The molecule has 3 aliphatic carbocycles. The van der Waals surface area contributed by atoms with Gasteiger partial charge in [0.2, 0.25) is 0 Å². The summed E-state index contributed by atoms with van der Waals surface area (Å²) in [5.74, 6) is 0.369. The molecule has 258 valence electrons. The summed E-state index contributed by atoms with van der Waals surface area (Å²) in [6, 6.07) is 46.6. The van der Waals surface area contributed by atoms with Crippen LogP contribution in [0, 0.1) is 5.92 Å². The maximum Gasteiger partial charge on any atom is 0.0540 e. The van der Waals surface area contributed by atoms with Crippen molar-refractivity contribution < 1.29 is 0 Å². The van der Waals surface area contributed by atoms with Crippen LogP contribution in [0.2, 0.25) is 0 Å². The molecule has 0 N–H and O–H groups in total. The molecule has 0 aromatic heterocycles. The lowest BCUT2D eigenvalue weighted by Gasteiger charge is -2.35. The molecular formula is C51H44N2. The molecule has 2 nitrogen and oxygen atoms in total. The largest absolute Gasteiger partial charge is 0.314 e. The van der Waals surface area contributed by atoms with Gasteiger partial charge in [-0.3, -0.25) is 0 Å². The third-order valence-electron chi connectivity index (χ3n) is 11.6. The van der Waals surface area contributed by atoms with Crippen LogP contribution in [0.3, 0.4) is 0 Å². The van der Waals surface area contributed by atoms with Crippen molar-refractivity contribution >= 4 is 55.9 Å². The Bertz CT molecular complexity index is 2550. The molecular weight excluding hydrogens is 641 g/mol. The number of fused-ring (bicyclic) bond motifs is 4. The number of rotatable bonds is 8. The van der Waals surface area contributed by atoms with Gasteiger partial charge in [0.25, 0.3) is 0 Å². The molecule has 0 heterocycles. The van der Waals surface area contributed by atoms with Crippen molar-refractivity contribution in [3.63, 3.8) is 0 Å². The fourth-order valence-electron chi connectivity index (χ4n) is 8.74. The normalized spacial score (nSPS) is 17.2. The summed E-state index contributed by atoms with van der Waals surface area (Å²) in [6.45, 7) is 12.9. The molecule has 2 heteroatoms. The van der Waals surface area contributed by atoms with Gasteiger partial charge in [0.15, 0.2) is 0 Å². The SMILES string of the molecule is C=Cc1ccc(N(c2ccc3c(c2)C(C)(C)C2=C3CCC(N(C3=CCC(C=C)C=C3)c3cccc4ccccc34)=C2)c2cccc3ccccc23)cc1. The fraction of sp³-hybridized carbons (Fsp3) is 0.137. The number of hydrogen-bond acceptors (Lipinski definition) is 2. The van der Waals surface area contributed by atoms with Crippen LogP contribution in [0.4, 0.5) is 22.7 Å². The van der Waals surface area contributed by atoms with Crippen molar-refractivity contribution in [2.75, 3.05) is 9.80 Å². The lowest BCUT2D eigenvalue weighted by atomic mass is 9.79. The second-order valence-electron chi connectivity index (χ2n) is 15.0. The zero-order valence-corrected chi connectivity index (χ0v) is 30.6. The van der Waals surface area contributed by atoms with Gasteiger partial charge in [-0.1, -0.05) is 136 Å². The van der Waals surface area contributed by atoms with Gasteiger partial charge < -0.3 is 9.80 Å². The molecule has 0 saturated heterocycles. The predicted octanol–water partition coefficient (Wildman–Crippen LogP) is 14.0. The van der Waals surface area contributed by atoms with Crippen molar-refractivity contribution in [1.29, 1.82) is 0 Å². The van der Waals surface area contributed by atoms with Crippen molar-refractivity contribution in [1.82, 2.24) is 0 Å². The summed E-state index contributed by atoms with van der Waals surface area (Å²) < 4.78 is 0. The van der Waals surface area contributed by atoms with Gasteiger partial charge in [0.05, 0.1) is 11.4 Å². The monoisotopic (exact) mass is 684 g/mol. The molecule has 0 fully saturated rings. The third-order valence-corrected chi connectivity index (χ3v) is 11.6. The highest BCUT2D eigenvalue weighted by atomic mass is 15.2. The van der Waals surface area contributed by atoms with Crippen molar-refractivity contribution in [2.45, 2.75) is 38.5 Å². The first-order chi connectivity index (χ1) is 25.9. The molecule has 0 spiro atoms. The summed E-state index contributed by atoms with van der Waals surface area (Å²) in [7, 11) is 0. The zero-order valence-electron chi connectivity index (χ0n) is 30.6. The van der Waals surface area contributed by atoms with E-state index in [-0.39, 0.29) is 5.41 Å². The van der Waals surface area contributed by atoms with E-state index in [2.05, 4.69) is 189 Å². The molecule has 1 unspecified atom stereocenters. The topological polar surface area (TPSA) is 6.48 Å². The Labute approximate surface area is 313 Å². The highest BCUT2D eigenvalue weighted by Gasteiger charge is 2.39. The quantitative estimate of drug-likeness (QED) is 0.147. The van der Waals surface area contributed by atoms with E-state index < -0.39 is 0 Å². The molecule has 0 aliphatic heterocycles. The van der Waals surface area contributed by atoms with E-state index in [1.807, 2.05) is 12.2 Å². The van der Waals surface area contributed by atoms with E-state index in [1.54, 1.807) is 0 Å². The van der Waals surface area contributed by atoms with Gasteiger partial charge in [0.1, 0.15) is 0 Å². The lowest BCUT2D eigenvalue weighted by molar-refractivity contribution is 0.648. The summed E-state index contributed by atoms with van der Waals surface area (Å²) in [4.78, 5) is 4.95. The van der Waals surface area contributed by atoms with E-state index in [4.69, 9.17) is 0 Å². The van der Waals surface area contributed by atoms with Crippen LogP contribution < -0.4 is 9.80 Å². The third kappa shape index (κ3) is 5.57. The number of benzene rings is 6. The van der Waals surface area contributed by atoms with Crippen LogP contribution in [0.25, 0.3) is 33.2 Å². The van der Waals surface area contributed by atoms with Gasteiger partial charge in [-0.2, -0.15) is 0 Å². The van der Waals surface area contributed by atoms with Crippen LogP contribution in [0.5, 0.6) is 0 Å². The molecule has 9 rings (SSSR count). The first-order valence-corrected chi connectivity index (χ1v) is 18.8. The average molecular weight is 685 g/mol. The number of anilines is 4. The molecule has 53 heavy (non-hydrogen) atoms. The molecule has 0 bridgehead atoms. The Morgan fingerprint density at radius 1 is 0.679 bits per heavy atom. The molecule has 0 saturated carbocycles. The standard InChI is InChI=1S/C51H44N2/c1-5-35-21-25-39(26-22-35)52(49-19-11-15-37-13-7-9-17-43(37)49)41-29-31-45-46-32-30-42(34-48(46)51(3,4)47(45)33-41)53(40-27-23-36(6-2)24-28-40)50-20-12-16-38-14-8-10-18-44(38)50/h5-23,25-29,31,33-34,36H,1-2,24,30,32H2,3-4H3. The predicted molar refractivity (Wildman–Crippen MR) is 228 cm³/mol. The summed E-state index contributed by atoms with van der Waals surface area (Å²) in [5.41, 5.74) is 13.9. The van der Waals surface area contributed by atoms with Gasteiger partial charge in [-0.05, 0) is 112 Å². The van der Waals surface area contributed by atoms with Gasteiger partial charge >= 0.3 is 0 Å². The van der Waals surface area contributed by atoms with Gasteiger partial charge in [-0.25, -0.2) is 0 Å². The molecule has 0 amide bonds. The molecule has 6 aromatic rings. The van der Waals surface area contributed by atoms with E-state index in [1.165, 1.54) is 66.6 Å². The second-order valence-corrected chi connectivity index (χ2v) is 15.0.